The van der Waals surface area contributed by atoms with Crippen molar-refractivity contribution < 1.29 is 9.53 Å². The van der Waals surface area contributed by atoms with Gasteiger partial charge >= 0.3 is 0 Å². The van der Waals surface area contributed by atoms with Crippen LogP contribution in [0.5, 0.6) is 5.75 Å². The number of rotatable bonds is 5. The first-order chi connectivity index (χ1) is 16.0. The van der Waals surface area contributed by atoms with E-state index < -0.39 is 0 Å². The van der Waals surface area contributed by atoms with Crippen LogP contribution in [0.2, 0.25) is 0 Å². The van der Waals surface area contributed by atoms with Crippen molar-refractivity contribution in [1.29, 1.82) is 0 Å². The van der Waals surface area contributed by atoms with Crippen LogP contribution in [-0.4, -0.2) is 12.5 Å². The van der Waals surface area contributed by atoms with E-state index >= 15 is 0 Å². The topological polar surface area (TPSA) is 50.4 Å². The summed E-state index contributed by atoms with van der Waals surface area (Å²) in [6.45, 7) is 6.78. The van der Waals surface area contributed by atoms with E-state index in [1.54, 1.807) is 0 Å². The largest absolute Gasteiger partial charge is 0.494 e. The Bertz CT molecular complexity index is 1210. The van der Waals surface area contributed by atoms with Crippen molar-refractivity contribution in [3.63, 3.8) is 0 Å². The maximum Gasteiger partial charge on any atom is 0.257 e. The molecule has 1 amide bonds. The minimum atomic E-state index is -0.0894. The fraction of sp³-hybridized carbons (Fsp3) is 0.276. The lowest BCUT2D eigenvalue weighted by Crippen LogP contribution is -2.30. The Morgan fingerprint density at radius 3 is 2.64 bits per heavy atom. The summed E-state index contributed by atoms with van der Waals surface area (Å²) >= 11 is 0. The fourth-order valence-corrected chi connectivity index (χ4v) is 5.10. The standard InChI is InChI=1S/C29H30N2O2/c1-4-33-22-15-12-20(13-16-22)27-24-8-5-7-23(24)25-9-6-10-26(28(25)31-27)29(32)30-21-14-11-18(2)19(3)17-21/h5-7,9-17,23-24,27,31H,4,8H2,1-3H3,(H,30,32). The highest BCUT2D eigenvalue weighted by Crippen LogP contribution is 2.50. The van der Waals surface area contributed by atoms with E-state index in [0.717, 1.165) is 29.1 Å². The van der Waals surface area contributed by atoms with Crippen molar-refractivity contribution >= 4 is 17.3 Å². The maximum absolute atomic E-state index is 13.3. The van der Waals surface area contributed by atoms with Crippen molar-refractivity contribution in [2.45, 2.75) is 39.2 Å². The number of hydrogen-bond acceptors (Lipinski definition) is 3. The second kappa shape index (κ2) is 8.78. The second-order valence-corrected chi connectivity index (χ2v) is 9.00. The molecule has 4 heteroatoms. The van der Waals surface area contributed by atoms with Gasteiger partial charge in [0.1, 0.15) is 5.75 Å². The van der Waals surface area contributed by atoms with E-state index in [2.05, 4.69) is 54.8 Å². The van der Waals surface area contributed by atoms with Crippen LogP contribution in [0.3, 0.4) is 0 Å². The summed E-state index contributed by atoms with van der Waals surface area (Å²) in [4.78, 5) is 13.3. The zero-order valence-electron chi connectivity index (χ0n) is 19.4. The van der Waals surface area contributed by atoms with Gasteiger partial charge in [0.25, 0.3) is 5.91 Å². The Labute approximate surface area is 195 Å². The van der Waals surface area contributed by atoms with Gasteiger partial charge in [-0.1, -0.05) is 42.5 Å². The number of carbonyl (C=O) groups excluding carboxylic acids is 1. The van der Waals surface area contributed by atoms with Gasteiger partial charge in [-0.05, 0) is 85.7 Å². The number of para-hydroxylation sites is 1. The van der Waals surface area contributed by atoms with Gasteiger partial charge in [-0.3, -0.25) is 4.79 Å². The molecule has 0 radical (unpaired) electrons. The second-order valence-electron chi connectivity index (χ2n) is 9.00. The molecule has 3 unspecified atom stereocenters. The van der Waals surface area contributed by atoms with E-state index in [0.29, 0.717) is 24.0 Å². The molecule has 0 bridgehead atoms. The molecular formula is C29H30N2O2. The molecule has 0 fully saturated rings. The fourth-order valence-electron chi connectivity index (χ4n) is 5.10. The smallest absolute Gasteiger partial charge is 0.257 e. The Balaban J connectivity index is 1.48. The first-order valence-electron chi connectivity index (χ1n) is 11.7. The number of fused-ring (bicyclic) bond motifs is 3. The third-order valence-electron chi connectivity index (χ3n) is 6.96. The molecule has 33 heavy (non-hydrogen) atoms. The zero-order valence-corrected chi connectivity index (χ0v) is 19.4. The third-order valence-corrected chi connectivity index (χ3v) is 6.96. The number of allylic oxidation sites excluding steroid dienone is 2. The quantitative estimate of drug-likeness (QED) is 0.432. The molecule has 4 nitrogen and oxygen atoms in total. The minimum absolute atomic E-state index is 0.0894. The molecule has 1 heterocycles. The first-order valence-corrected chi connectivity index (χ1v) is 11.7. The van der Waals surface area contributed by atoms with Crippen LogP contribution in [-0.2, 0) is 0 Å². The number of anilines is 2. The lowest BCUT2D eigenvalue weighted by molar-refractivity contribution is 0.102. The molecule has 0 aromatic heterocycles. The number of amides is 1. The molecule has 3 atom stereocenters. The van der Waals surface area contributed by atoms with Gasteiger partial charge in [-0.25, -0.2) is 0 Å². The van der Waals surface area contributed by atoms with Gasteiger partial charge < -0.3 is 15.4 Å². The molecule has 2 N–H and O–H groups in total. The zero-order chi connectivity index (χ0) is 22.9. The summed E-state index contributed by atoms with van der Waals surface area (Å²) in [5.74, 6) is 1.51. The maximum atomic E-state index is 13.3. The summed E-state index contributed by atoms with van der Waals surface area (Å²) in [7, 11) is 0. The van der Waals surface area contributed by atoms with Crippen LogP contribution >= 0.6 is 0 Å². The van der Waals surface area contributed by atoms with E-state index in [-0.39, 0.29) is 11.9 Å². The first kappa shape index (κ1) is 21.3. The van der Waals surface area contributed by atoms with Crippen molar-refractivity contribution in [3.05, 3.63) is 101 Å². The molecule has 0 saturated heterocycles. The normalized spacial score (nSPS) is 20.5. The van der Waals surface area contributed by atoms with Gasteiger partial charge in [-0.2, -0.15) is 0 Å². The molecule has 3 aromatic rings. The van der Waals surface area contributed by atoms with Gasteiger partial charge in [0.05, 0.1) is 23.9 Å². The van der Waals surface area contributed by atoms with E-state index in [9.17, 15) is 4.79 Å². The van der Waals surface area contributed by atoms with Crippen molar-refractivity contribution in [2.75, 3.05) is 17.2 Å². The van der Waals surface area contributed by atoms with Gasteiger partial charge in [0.2, 0.25) is 0 Å². The predicted molar refractivity (Wildman–Crippen MR) is 134 cm³/mol. The third kappa shape index (κ3) is 4.02. The Morgan fingerprint density at radius 2 is 1.88 bits per heavy atom. The number of hydrogen-bond donors (Lipinski definition) is 2. The molecule has 168 valence electrons. The molecular weight excluding hydrogens is 408 g/mol. The number of ether oxygens (including phenoxy) is 1. The van der Waals surface area contributed by atoms with Crippen molar-refractivity contribution in [1.82, 2.24) is 0 Å². The van der Waals surface area contributed by atoms with Crippen LogP contribution < -0.4 is 15.4 Å². The summed E-state index contributed by atoms with van der Waals surface area (Å²) in [6.07, 6.45) is 5.60. The van der Waals surface area contributed by atoms with Crippen LogP contribution in [0.1, 0.15) is 57.9 Å². The number of carbonyl (C=O) groups is 1. The number of aryl methyl sites for hydroxylation is 2. The highest BCUT2D eigenvalue weighted by Gasteiger charge is 2.39. The summed E-state index contributed by atoms with van der Waals surface area (Å²) in [5, 5.41) is 6.85. The molecule has 1 aliphatic carbocycles. The number of benzene rings is 3. The monoisotopic (exact) mass is 438 g/mol. The molecule has 0 spiro atoms. The van der Waals surface area contributed by atoms with Gasteiger partial charge in [0.15, 0.2) is 0 Å². The average Bonchev–Trinajstić information content (AvgIpc) is 3.32. The molecule has 5 rings (SSSR count). The van der Waals surface area contributed by atoms with Gasteiger partial charge in [0, 0.05) is 11.6 Å². The Kier molecular flexibility index (Phi) is 5.67. The molecule has 1 aliphatic heterocycles. The summed E-state index contributed by atoms with van der Waals surface area (Å²) in [5.41, 5.74) is 7.22. The molecule has 2 aliphatic rings. The summed E-state index contributed by atoms with van der Waals surface area (Å²) in [6, 6.07) is 20.6. The molecule has 3 aromatic carbocycles. The lowest BCUT2D eigenvalue weighted by atomic mass is 9.76. The molecule has 0 saturated carbocycles. The van der Waals surface area contributed by atoms with Crippen LogP contribution in [0.15, 0.2) is 72.8 Å². The van der Waals surface area contributed by atoms with E-state index in [4.69, 9.17) is 4.74 Å². The average molecular weight is 439 g/mol. The van der Waals surface area contributed by atoms with Crippen molar-refractivity contribution in [2.24, 2.45) is 5.92 Å². The summed E-state index contributed by atoms with van der Waals surface area (Å²) < 4.78 is 5.63. The highest BCUT2D eigenvalue weighted by molar-refractivity contribution is 6.08. The predicted octanol–water partition coefficient (Wildman–Crippen LogP) is 6.78. The lowest BCUT2D eigenvalue weighted by Gasteiger charge is -2.38. The SMILES string of the molecule is CCOc1ccc(C2Nc3c(C(=O)Nc4ccc(C)c(C)c4)cccc3C3C=CCC32)cc1. The van der Waals surface area contributed by atoms with Crippen LogP contribution in [0.25, 0.3) is 0 Å². The Hall–Kier alpha value is -3.53. The van der Waals surface area contributed by atoms with E-state index in [1.165, 1.54) is 16.7 Å². The van der Waals surface area contributed by atoms with E-state index in [1.807, 2.05) is 49.4 Å². The van der Waals surface area contributed by atoms with Crippen molar-refractivity contribution in [3.8, 4) is 5.75 Å². The van der Waals surface area contributed by atoms with Crippen LogP contribution in [0, 0.1) is 19.8 Å². The van der Waals surface area contributed by atoms with Crippen LogP contribution in [0.4, 0.5) is 11.4 Å². The minimum Gasteiger partial charge on any atom is -0.494 e. The highest BCUT2D eigenvalue weighted by atomic mass is 16.5. The van der Waals surface area contributed by atoms with Gasteiger partial charge in [-0.15, -0.1) is 0 Å². The number of nitrogens with one attached hydrogen (secondary N) is 2. The Morgan fingerprint density at radius 1 is 1.06 bits per heavy atom.